The van der Waals surface area contributed by atoms with Gasteiger partial charge in [-0.15, -0.1) is 0 Å². The van der Waals surface area contributed by atoms with Gasteiger partial charge in [-0.3, -0.25) is 4.79 Å². The van der Waals surface area contributed by atoms with Gasteiger partial charge in [-0.05, 0) is 24.5 Å². The van der Waals surface area contributed by atoms with Crippen LogP contribution in [-0.2, 0) is 4.79 Å². The fourth-order valence-corrected chi connectivity index (χ4v) is 2.65. The topological polar surface area (TPSA) is 52.6 Å². The van der Waals surface area contributed by atoms with Crippen LogP contribution in [0.4, 0.5) is 15.8 Å². The third-order valence-electron chi connectivity index (χ3n) is 3.68. The molecule has 2 heterocycles. The van der Waals surface area contributed by atoms with Crippen molar-refractivity contribution in [1.82, 2.24) is 0 Å². The van der Waals surface area contributed by atoms with E-state index in [2.05, 4.69) is 12.2 Å². The van der Waals surface area contributed by atoms with Crippen molar-refractivity contribution in [2.75, 3.05) is 23.3 Å². The zero-order valence-corrected chi connectivity index (χ0v) is 10.1. The molecule has 0 bridgehead atoms. The third-order valence-corrected chi connectivity index (χ3v) is 3.68. The normalized spacial score (nSPS) is 26.4. The maximum atomic E-state index is 14.0. The van der Waals surface area contributed by atoms with Crippen molar-refractivity contribution >= 4 is 17.3 Å². The number of nitrogens with zero attached hydrogens (tertiary/aromatic N) is 1. The molecule has 0 radical (unpaired) electrons. The Hall–Kier alpha value is -1.62. The predicted octanol–water partition coefficient (Wildman–Crippen LogP) is 1.66. The highest BCUT2D eigenvalue weighted by atomic mass is 19.1. The van der Waals surface area contributed by atoms with E-state index in [-0.39, 0.29) is 5.82 Å². The molecule has 1 fully saturated rings. The Morgan fingerprint density at radius 1 is 1.50 bits per heavy atom. The summed E-state index contributed by atoms with van der Waals surface area (Å²) in [5.74, 6) is -0.312. The van der Waals surface area contributed by atoms with Crippen LogP contribution in [0.3, 0.4) is 0 Å². The van der Waals surface area contributed by atoms with Crippen LogP contribution in [0.2, 0.25) is 0 Å². The molecular weight excluding hydrogens is 235 g/mol. The van der Waals surface area contributed by atoms with Crippen LogP contribution in [0.5, 0.6) is 0 Å². The summed E-state index contributed by atoms with van der Waals surface area (Å²) < 4.78 is 14.0. The lowest BCUT2D eigenvalue weighted by atomic mass is 10.1. The summed E-state index contributed by atoms with van der Waals surface area (Å²) in [6.45, 7) is 3.79. The van der Waals surface area contributed by atoms with Crippen LogP contribution in [0, 0.1) is 11.7 Å². The number of hydrogen-bond acceptors (Lipinski definition) is 3. The number of halogens is 1. The molecule has 1 amide bonds. The quantitative estimate of drug-likeness (QED) is 0.797. The Morgan fingerprint density at radius 3 is 2.94 bits per heavy atom. The minimum atomic E-state index is -1.25. The van der Waals surface area contributed by atoms with Gasteiger partial charge in [0.2, 0.25) is 0 Å². The Morgan fingerprint density at radius 2 is 2.28 bits per heavy atom. The molecule has 2 aliphatic heterocycles. The monoisotopic (exact) mass is 250 g/mol. The Labute approximate surface area is 104 Å². The Bertz CT molecular complexity index is 518. The molecule has 2 aliphatic rings. The smallest absolute Gasteiger partial charge is 0.257 e. The summed E-state index contributed by atoms with van der Waals surface area (Å²) in [5, 5.41) is 12.1. The van der Waals surface area contributed by atoms with Gasteiger partial charge in [-0.25, -0.2) is 4.39 Å². The van der Waals surface area contributed by atoms with Crippen LogP contribution in [0.15, 0.2) is 12.1 Å². The molecule has 1 saturated heterocycles. The molecular formula is C13H15FN2O2. The van der Waals surface area contributed by atoms with E-state index in [9.17, 15) is 14.3 Å². The highest BCUT2D eigenvalue weighted by Crippen LogP contribution is 2.37. The summed E-state index contributed by atoms with van der Waals surface area (Å²) in [4.78, 5) is 13.3. The average Bonchev–Trinajstić information content (AvgIpc) is 2.86. The number of anilines is 2. The number of rotatable bonds is 1. The summed E-state index contributed by atoms with van der Waals surface area (Å²) in [7, 11) is 0. The van der Waals surface area contributed by atoms with E-state index in [4.69, 9.17) is 0 Å². The lowest BCUT2D eigenvalue weighted by Crippen LogP contribution is -2.20. The maximum Gasteiger partial charge on any atom is 0.257 e. The van der Waals surface area contributed by atoms with Crippen molar-refractivity contribution < 1.29 is 14.3 Å². The molecule has 4 nitrogen and oxygen atoms in total. The van der Waals surface area contributed by atoms with Crippen molar-refractivity contribution in [3.05, 3.63) is 23.5 Å². The zero-order valence-electron chi connectivity index (χ0n) is 10.1. The lowest BCUT2D eigenvalue weighted by molar-refractivity contribution is -0.123. The van der Waals surface area contributed by atoms with Gasteiger partial charge in [-0.2, -0.15) is 0 Å². The molecule has 0 saturated carbocycles. The summed E-state index contributed by atoms with van der Waals surface area (Å²) >= 11 is 0. The van der Waals surface area contributed by atoms with E-state index in [1.165, 1.54) is 6.07 Å². The molecule has 2 unspecified atom stereocenters. The predicted molar refractivity (Wildman–Crippen MR) is 66.0 cm³/mol. The molecule has 3 rings (SSSR count). The van der Waals surface area contributed by atoms with Crippen molar-refractivity contribution in [3.8, 4) is 0 Å². The van der Waals surface area contributed by atoms with E-state index in [1.54, 1.807) is 6.07 Å². The minimum absolute atomic E-state index is 0.327. The van der Waals surface area contributed by atoms with E-state index in [1.807, 2.05) is 4.90 Å². The van der Waals surface area contributed by atoms with E-state index >= 15 is 0 Å². The van der Waals surface area contributed by atoms with Crippen LogP contribution >= 0.6 is 0 Å². The zero-order chi connectivity index (χ0) is 12.9. The number of aliphatic hydroxyl groups is 1. The first-order valence-corrected chi connectivity index (χ1v) is 6.13. The van der Waals surface area contributed by atoms with Gasteiger partial charge in [0.15, 0.2) is 6.10 Å². The van der Waals surface area contributed by atoms with Gasteiger partial charge in [0, 0.05) is 24.3 Å². The number of carbonyl (C=O) groups excluding carboxylic acids is 1. The van der Waals surface area contributed by atoms with Crippen LogP contribution in [0.25, 0.3) is 0 Å². The van der Waals surface area contributed by atoms with Crippen molar-refractivity contribution in [3.63, 3.8) is 0 Å². The molecule has 0 spiro atoms. The number of hydrogen-bond donors (Lipinski definition) is 2. The highest BCUT2D eigenvalue weighted by Gasteiger charge is 2.31. The first-order chi connectivity index (χ1) is 8.56. The number of carbonyl (C=O) groups is 1. The molecule has 0 aromatic heterocycles. The van der Waals surface area contributed by atoms with Gasteiger partial charge < -0.3 is 15.3 Å². The number of nitrogens with one attached hydrogen (secondary N) is 1. The standard InChI is InChI=1S/C13H15FN2O2/c1-7-2-3-16(6-7)11-5-10-8(4-9(11)14)12(17)13(18)15-10/h4-5,7,12,17H,2-3,6H2,1H3,(H,15,18). The van der Waals surface area contributed by atoms with Gasteiger partial charge in [0.05, 0.1) is 5.69 Å². The third kappa shape index (κ3) is 1.66. The van der Waals surface area contributed by atoms with Gasteiger partial charge in [-0.1, -0.05) is 6.92 Å². The highest BCUT2D eigenvalue weighted by molar-refractivity contribution is 6.02. The Kier molecular flexibility index (Phi) is 2.52. The number of amides is 1. The van der Waals surface area contributed by atoms with E-state index in [0.717, 1.165) is 19.5 Å². The molecule has 1 aromatic carbocycles. The fraction of sp³-hybridized carbons (Fsp3) is 0.462. The molecule has 18 heavy (non-hydrogen) atoms. The molecule has 96 valence electrons. The molecule has 2 atom stereocenters. The van der Waals surface area contributed by atoms with Gasteiger partial charge >= 0.3 is 0 Å². The average molecular weight is 250 g/mol. The largest absolute Gasteiger partial charge is 0.378 e. The summed E-state index contributed by atoms with van der Waals surface area (Å²) in [6, 6.07) is 2.88. The molecule has 0 aliphatic carbocycles. The first kappa shape index (κ1) is 11.5. The lowest BCUT2D eigenvalue weighted by Gasteiger charge is -2.20. The van der Waals surface area contributed by atoms with Crippen LogP contribution in [0.1, 0.15) is 25.0 Å². The SMILES string of the molecule is CC1CCN(c2cc3c(cc2F)C(O)C(=O)N3)C1. The van der Waals surface area contributed by atoms with E-state index in [0.29, 0.717) is 22.9 Å². The number of fused-ring (bicyclic) bond motifs is 1. The van der Waals surface area contributed by atoms with Gasteiger partial charge in [0.1, 0.15) is 5.82 Å². The van der Waals surface area contributed by atoms with E-state index < -0.39 is 12.0 Å². The second-order valence-corrected chi connectivity index (χ2v) is 5.12. The van der Waals surface area contributed by atoms with Crippen molar-refractivity contribution in [1.29, 1.82) is 0 Å². The van der Waals surface area contributed by atoms with Crippen LogP contribution < -0.4 is 10.2 Å². The minimum Gasteiger partial charge on any atom is -0.378 e. The second kappa shape index (κ2) is 3.95. The molecule has 5 heteroatoms. The van der Waals surface area contributed by atoms with Gasteiger partial charge in [0.25, 0.3) is 5.91 Å². The maximum absolute atomic E-state index is 14.0. The molecule has 1 aromatic rings. The second-order valence-electron chi connectivity index (χ2n) is 5.12. The number of benzene rings is 1. The fourth-order valence-electron chi connectivity index (χ4n) is 2.65. The van der Waals surface area contributed by atoms with Crippen LogP contribution in [-0.4, -0.2) is 24.1 Å². The van der Waals surface area contributed by atoms with Crippen molar-refractivity contribution in [2.45, 2.75) is 19.4 Å². The summed E-state index contributed by atoms with van der Waals surface area (Å²) in [6.07, 6.45) is -0.202. The van der Waals surface area contributed by atoms with Crippen molar-refractivity contribution in [2.24, 2.45) is 5.92 Å². The Balaban J connectivity index is 1.98. The number of aliphatic hydroxyl groups excluding tert-OH is 1. The first-order valence-electron chi connectivity index (χ1n) is 6.13. The summed E-state index contributed by atoms with van der Waals surface area (Å²) in [5.41, 5.74) is 1.35. The molecule has 2 N–H and O–H groups in total.